The van der Waals surface area contributed by atoms with Crippen LogP contribution in [0.15, 0.2) is 42.7 Å². The predicted octanol–water partition coefficient (Wildman–Crippen LogP) is 1.35. The van der Waals surface area contributed by atoms with Crippen molar-refractivity contribution in [1.29, 1.82) is 0 Å². The summed E-state index contributed by atoms with van der Waals surface area (Å²) >= 11 is 0. The van der Waals surface area contributed by atoms with E-state index in [1.165, 1.54) is 18.0 Å². The Morgan fingerprint density at radius 2 is 1.92 bits per heavy atom. The number of amides is 1. The summed E-state index contributed by atoms with van der Waals surface area (Å²) in [5, 5.41) is 2.79. The van der Waals surface area contributed by atoms with Gasteiger partial charge in [0.25, 0.3) is 5.91 Å². The molecule has 7 nitrogen and oxygen atoms in total. The van der Waals surface area contributed by atoms with Crippen molar-refractivity contribution in [2.75, 3.05) is 12.3 Å². The Labute approximate surface area is 140 Å². The van der Waals surface area contributed by atoms with Crippen LogP contribution >= 0.6 is 0 Å². The van der Waals surface area contributed by atoms with Crippen LogP contribution in [0.4, 0.5) is 5.82 Å². The van der Waals surface area contributed by atoms with E-state index in [4.69, 9.17) is 10.5 Å². The average molecular weight is 328 g/mol. The predicted molar refractivity (Wildman–Crippen MR) is 89.1 cm³/mol. The number of hydrogen-bond acceptors (Lipinski definition) is 6. The van der Waals surface area contributed by atoms with Gasteiger partial charge >= 0.3 is 5.97 Å². The molecule has 0 radical (unpaired) electrons. The van der Waals surface area contributed by atoms with Crippen molar-refractivity contribution >= 4 is 17.7 Å². The molecule has 2 aromatic rings. The SMILES string of the molecule is CC(CCc1ccccc1)NC(=O)COC(=O)c1nccnc1N. The molecule has 0 fully saturated rings. The molecule has 1 aromatic heterocycles. The maximum atomic E-state index is 11.8. The Bertz CT molecular complexity index is 691. The summed E-state index contributed by atoms with van der Waals surface area (Å²) in [6.45, 7) is 1.52. The smallest absolute Gasteiger partial charge is 0.361 e. The molecule has 0 spiro atoms. The van der Waals surface area contributed by atoms with Crippen LogP contribution in [0.25, 0.3) is 0 Å². The number of aryl methyl sites for hydroxylation is 1. The number of nitrogen functional groups attached to an aromatic ring is 1. The van der Waals surface area contributed by atoms with E-state index in [1.54, 1.807) is 0 Å². The van der Waals surface area contributed by atoms with Gasteiger partial charge in [0, 0.05) is 18.4 Å². The van der Waals surface area contributed by atoms with Gasteiger partial charge in [0.1, 0.15) is 0 Å². The van der Waals surface area contributed by atoms with E-state index >= 15 is 0 Å². The molecule has 1 unspecified atom stereocenters. The number of carbonyl (C=O) groups excluding carboxylic acids is 2. The molecule has 0 saturated heterocycles. The van der Waals surface area contributed by atoms with Crippen molar-refractivity contribution in [2.45, 2.75) is 25.8 Å². The highest BCUT2D eigenvalue weighted by Gasteiger charge is 2.16. The first-order valence-electron chi connectivity index (χ1n) is 7.63. The Balaban J connectivity index is 1.72. The first kappa shape index (κ1) is 17.4. The molecule has 2 rings (SSSR count). The molecule has 0 aliphatic rings. The van der Waals surface area contributed by atoms with E-state index in [-0.39, 0.29) is 30.1 Å². The fraction of sp³-hybridized carbons (Fsp3) is 0.294. The Morgan fingerprint density at radius 3 is 2.62 bits per heavy atom. The number of nitrogens with zero attached hydrogens (tertiary/aromatic N) is 2. The van der Waals surface area contributed by atoms with E-state index in [0.29, 0.717) is 0 Å². The maximum absolute atomic E-state index is 11.8. The second-order valence-corrected chi connectivity index (χ2v) is 5.36. The third-order valence-electron chi connectivity index (χ3n) is 3.37. The summed E-state index contributed by atoms with van der Waals surface area (Å²) in [7, 11) is 0. The van der Waals surface area contributed by atoms with Gasteiger partial charge in [-0.1, -0.05) is 30.3 Å². The monoisotopic (exact) mass is 328 g/mol. The van der Waals surface area contributed by atoms with Crippen molar-refractivity contribution in [3.63, 3.8) is 0 Å². The van der Waals surface area contributed by atoms with Crippen LogP contribution in [-0.2, 0) is 16.0 Å². The highest BCUT2D eigenvalue weighted by Crippen LogP contribution is 2.06. The van der Waals surface area contributed by atoms with Crippen LogP contribution in [0.3, 0.4) is 0 Å². The number of nitrogens with two attached hydrogens (primary N) is 1. The van der Waals surface area contributed by atoms with E-state index < -0.39 is 5.97 Å². The van der Waals surface area contributed by atoms with Crippen molar-refractivity contribution < 1.29 is 14.3 Å². The molecule has 24 heavy (non-hydrogen) atoms. The van der Waals surface area contributed by atoms with Crippen molar-refractivity contribution in [1.82, 2.24) is 15.3 Å². The third kappa shape index (κ3) is 5.35. The number of anilines is 1. The molecule has 7 heteroatoms. The lowest BCUT2D eigenvalue weighted by Gasteiger charge is -2.14. The molecule has 0 bridgehead atoms. The van der Waals surface area contributed by atoms with Crippen LogP contribution in [0.2, 0.25) is 0 Å². The number of nitrogens with one attached hydrogen (secondary N) is 1. The van der Waals surface area contributed by atoms with E-state index in [1.807, 2.05) is 37.3 Å². The lowest BCUT2D eigenvalue weighted by molar-refractivity contribution is -0.124. The van der Waals surface area contributed by atoms with Crippen LogP contribution in [0, 0.1) is 0 Å². The van der Waals surface area contributed by atoms with Gasteiger partial charge in [0.15, 0.2) is 18.1 Å². The summed E-state index contributed by atoms with van der Waals surface area (Å²) in [5.74, 6) is -1.17. The summed E-state index contributed by atoms with van der Waals surface area (Å²) in [5.41, 5.74) is 6.64. The zero-order valence-corrected chi connectivity index (χ0v) is 13.4. The second-order valence-electron chi connectivity index (χ2n) is 5.36. The zero-order chi connectivity index (χ0) is 17.4. The largest absolute Gasteiger partial charge is 0.451 e. The topological polar surface area (TPSA) is 107 Å². The highest BCUT2D eigenvalue weighted by molar-refractivity contribution is 5.93. The van der Waals surface area contributed by atoms with Crippen LogP contribution in [0.1, 0.15) is 29.4 Å². The first-order valence-corrected chi connectivity index (χ1v) is 7.63. The quantitative estimate of drug-likeness (QED) is 0.743. The van der Waals surface area contributed by atoms with E-state index in [2.05, 4.69) is 15.3 Å². The van der Waals surface area contributed by atoms with Crippen molar-refractivity contribution in [3.05, 3.63) is 54.0 Å². The molecule has 1 amide bonds. The lowest BCUT2D eigenvalue weighted by atomic mass is 10.1. The van der Waals surface area contributed by atoms with Crippen molar-refractivity contribution in [2.24, 2.45) is 0 Å². The zero-order valence-electron chi connectivity index (χ0n) is 13.4. The molecule has 0 saturated carbocycles. The number of aromatic nitrogens is 2. The van der Waals surface area contributed by atoms with Gasteiger partial charge in [0.05, 0.1) is 0 Å². The molecule has 126 valence electrons. The molecular weight excluding hydrogens is 308 g/mol. The van der Waals surface area contributed by atoms with E-state index in [0.717, 1.165) is 12.8 Å². The lowest BCUT2D eigenvalue weighted by Crippen LogP contribution is -2.36. The summed E-state index contributed by atoms with van der Waals surface area (Å²) in [6.07, 6.45) is 4.35. The van der Waals surface area contributed by atoms with Crippen LogP contribution < -0.4 is 11.1 Å². The summed E-state index contributed by atoms with van der Waals surface area (Å²) in [4.78, 5) is 31.1. The minimum Gasteiger partial charge on any atom is -0.451 e. The minimum absolute atomic E-state index is 0.0286. The Hall–Kier alpha value is -2.96. The van der Waals surface area contributed by atoms with Gasteiger partial charge < -0.3 is 15.8 Å². The fourth-order valence-electron chi connectivity index (χ4n) is 2.12. The Morgan fingerprint density at radius 1 is 1.21 bits per heavy atom. The maximum Gasteiger partial charge on any atom is 0.361 e. The molecule has 1 heterocycles. The van der Waals surface area contributed by atoms with Crippen LogP contribution in [0.5, 0.6) is 0 Å². The van der Waals surface area contributed by atoms with Gasteiger partial charge in [-0.15, -0.1) is 0 Å². The number of carbonyl (C=O) groups is 2. The number of hydrogen-bond donors (Lipinski definition) is 2. The second kappa shape index (κ2) is 8.61. The van der Waals surface area contributed by atoms with Gasteiger partial charge in [0.2, 0.25) is 0 Å². The summed E-state index contributed by atoms with van der Waals surface area (Å²) < 4.78 is 4.90. The number of ether oxygens (including phenoxy) is 1. The molecule has 3 N–H and O–H groups in total. The highest BCUT2D eigenvalue weighted by atomic mass is 16.5. The molecule has 0 aliphatic carbocycles. The first-order chi connectivity index (χ1) is 11.6. The van der Waals surface area contributed by atoms with Gasteiger partial charge in [-0.2, -0.15) is 0 Å². The van der Waals surface area contributed by atoms with Gasteiger partial charge in [-0.25, -0.2) is 14.8 Å². The standard InChI is InChI=1S/C17H20N4O3/c1-12(7-8-13-5-3-2-4-6-13)21-14(22)11-24-17(23)15-16(18)20-10-9-19-15/h2-6,9-10,12H,7-8,11H2,1H3,(H2,18,20)(H,21,22). The van der Waals surface area contributed by atoms with Gasteiger partial charge in [-0.3, -0.25) is 4.79 Å². The van der Waals surface area contributed by atoms with Gasteiger partial charge in [-0.05, 0) is 25.3 Å². The Kier molecular flexibility index (Phi) is 6.24. The normalized spacial score (nSPS) is 11.5. The average Bonchev–Trinajstić information content (AvgIpc) is 2.59. The summed E-state index contributed by atoms with van der Waals surface area (Å²) in [6, 6.07) is 9.99. The van der Waals surface area contributed by atoms with E-state index in [9.17, 15) is 9.59 Å². The molecule has 0 aliphatic heterocycles. The molecule has 1 aromatic carbocycles. The fourth-order valence-corrected chi connectivity index (χ4v) is 2.12. The third-order valence-corrected chi connectivity index (χ3v) is 3.37. The number of benzene rings is 1. The van der Waals surface area contributed by atoms with Crippen LogP contribution in [-0.4, -0.2) is 34.5 Å². The molecule has 1 atom stereocenters. The number of rotatable bonds is 7. The minimum atomic E-state index is -0.771. The number of esters is 1. The molecular formula is C17H20N4O3. The van der Waals surface area contributed by atoms with Crippen molar-refractivity contribution in [3.8, 4) is 0 Å².